The van der Waals surface area contributed by atoms with Crippen molar-refractivity contribution in [2.75, 3.05) is 11.5 Å². The van der Waals surface area contributed by atoms with Crippen LogP contribution in [0.25, 0.3) is 0 Å². The standard InChI is InChI=1S/C12H25NOS/c1-11(2,3)9-7-15(13,14)8-10(9)12(4,5)6/h9-10,13H,7-8H2,1-6H3. The van der Waals surface area contributed by atoms with Crippen molar-refractivity contribution < 1.29 is 4.21 Å². The Hall–Kier alpha value is -0.0500. The summed E-state index contributed by atoms with van der Waals surface area (Å²) in [6, 6.07) is 0. The van der Waals surface area contributed by atoms with Crippen LogP contribution in [0.4, 0.5) is 0 Å². The molecule has 0 radical (unpaired) electrons. The summed E-state index contributed by atoms with van der Waals surface area (Å²) in [6.07, 6.45) is 0. The molecule has 1 N–H and O–H groups in total. The van der Waals surface area contributed by atoms with E-state index in [4.69, 9.17) is 4.78 Å². The van der Waals surface area contributed by atoms with Crippen molar-refractivity contribution in [3.63, 3.8) is 0 Å². The predicted octanol–water partition coefficient (Wildman–Crippen LogP) is 3.37. The second-order valence-corrected chi connectivity index (χ2v) is 9.38. The Morgan fingerprint density at radius 1 is 0.933 bits per heavy atom. The lowest BCUT2D eigenvalue weighted by molar-refractivity contribution is 0.115. The van der Waals surface area contributed by atoms with E-state index in [-0.39, 0.29) is 10.8 Å². The van der Waals surface area contributed by atoms with Crippen LogP contribution < -0.4 is 0 Å². The minimum atomic E-state index is -2.31. The predicted molar refractivity (Wildman–Crippen MR) is 66.5 cm³/mol. The maximum Gasteiger partial charge on any atom is 0.0447 e. The van der Waals surface area contributed by atoms with Crippen molar-refractivity contribution >= 4 is 9.73 Å². The SMILES string of the molecule is CC(C)(C)C1CS(=N)(=O)CC1C(C)(C)C. The van der Waals surface area contributed by atoms with Gasteiger partial charge < -0.3 is 0 Å². The second kappa shape index (κ2) is 3.47. The van der Waals surface area contributed by atoms with Gasteiger partial charge in [-0.25, -0.2) is 4.21 Å². The van der Waals surface area contributed by atoms with E-state index in [0.29, 0.717) is 23.3 Å². The Balaban J connectivity index is 3.06. The monoisotopic (exact) mass is 231 g/mol. The molecule has 0 aromatic rings. The topological polar surface area (TPSA) is 40.9 Å². The maximum absolute atomic E-state index is 12.0. The van der Waals surface area contributed by atoms with E-state index in [1.807, 2.05) is 0 Å². The molecule has 1 heterocycles. The van der Waals surface area contributed by atoms with Gasteiger partial charge in [-0.1, -0.05) is 41.5 Å². The number of nitrogens with one attached hydrogen (secondary N) is 1. The first kappa shape index (κ1) is 13.0. The Labute approximate surface area is 94.8 Å². The minimum Gasteiger partial charge on any atom is -0.253 e. The van der Waals surface area contributed by atoms with E-state index in [9.17, 15) is 4.21 Å². The van der Waals surface area contributed by atoms with Gasteiger partial charge in [-0.15, -0.1) is 0 Å². The first-order chi connectivity index (χ1) is 6.43. The molecule has 0 aromatic heterocycles. The lowest BCUT2D eigenvalue weighted by Crippen LogP contribution is -2.34. The zero-order valence-corrected chi connectivity index (χ0v) is 11.7. The van der Waals surface area contributed by atoms with Gasteiger partial charge in [0.1, 0.15) is 0 Å². The molecule has 0 aromatic carbocycles. The van der Waals surface area contributed by atoms with Gasteiger partial charge in [0.2, 0.25) is 0 Å². The Bertz CT molecular complexity index is 302. The fourth-order valence-corrected chi connectivity index (χ4v) is 5.35. The second-order valence-electron chi connectivity index (χ2n) is 7.09. The highest BCUT2D eigenvalue weighted by atomic mass is 32.2. The van der Waals surface area contributed by atoms with Crippen LogP contribution in [-0.2, 0) is 9.73 Å². The molecule has 1 aliphatic rings. The van der Waals surface area contributed by atoms with E-state index in [1.165, 1.54) is 0 Å². The zero-order chi connectivity index (χ0) is 12.1. The van der Waals surface area contributed by atoms with Gasteiger partial charge >= 0.3 is 0 Å². The third kappa shape index (κ3) is 2.96. The highest BCUT2D eigenvalue weighted by molar-refractivity contribution is 7.92. The van der Waals surface area contributed by atoms with Crippen molar-refractivity contribution in [1.29, 1.82) is 4.78 Å². The largest absolute Gasteiger partial charge is 0.253 e. The molecule has 15 heavy (non-hydrogen) atoms. The van der Waals surface area contributed by atoms with Crippen LogP contribution in [0, 0.1) is 27.4 Å². The zero-order valence-electron chi connectivity index (χ0n) is 10.9. The smallest absolute Gasteiger partial charge is 0.0447 e. The van der Waals surface area contributed by atoms with Crippen molar-refractivity contribution in [2.24, 2.45) is 22.7 Å². The summed E-state index contributed by atoms with van der Waals surface area (Å²) in [5, 5.41) is 0. The lowest BCUT2D eigenvalue weighted by Gasteiger charge is -2.38. The highest BCUT2D eigenvalue weighted by Crippen LogP contribution is 2.46. The fourth-order valence-electron chi connectivity index (χ4n) is 2.59. The molecule has 0 bridgehead atoms. The van der Waals surface area contributed by atoms with Gasteiger partial charge in [0.25, 0.3) is 0 Å². The van der Waals surface area contributed by atoms with E-state index in [2.05, 4.69) is 41.5 Å². The van der Waals surface area contributed by atoms with Gasteiger partial charge in [0, 0.05) is 21.2 Å². The molecule has 0 aliphatic carbocycles. The molecule has 1 rings (SSSR count). The van der Waals surface area contributed by atoms with Gasteiger partial charge in [-0.2, -0.15) is 0 Å². The maximum atomic E-state index is 12.0. The van der Waals surface area contributed by atoms with Crippen LogP contribution in [0.2, 0.25) is 0 Å². The van der Waals surface area contributed by atoms with Crippen LogP contribution in [0.5, 0.6) is 0 Å². The number of rotatable bonds is 0. The molecule has 2 nitrogen and oxygen atoms in total. The number of hydrogen-bond donors (Lipinski definition) is 1. The summed E-state index contributed by atoms with van der Waals surface area (Å²) in [5.41, 5.74) is 0.330. The summed E-state index contributed by atoms with van der Waals surface area (Å²) in [6.45, 7) is 13.2. The first-order valence-electron chi connectivity index (χ1n) is 5.68. The molecule has 0 amide bonds. The Morgan fingerprint density at radius 3 is 1.40 bits per heavy atom. The van der Waals surface area contributed by atoms with E-state index >= 15 is 0 Å². The third-order valence-corrected chi connectivity index (χ3v) is 5.40. The molecule has 1 saturated heterocycles. The van der Waals surface area contributed by atoms with E-state index in [1.54, 1.807) is 0 Å². The normalized spacial score (nSPS) is 38.3. The van der Waals surface area contributed by atoms with Crippen LogP contribution in [0.1, 0.15) is 41.5 Å². The first-order valence-corrected chi connectivity index (χ1v) is 7.57. The molecular weight excluding hydrogens is 206 g/mol. The molecule has 0 spiro atoms. The molecule has 0 saturated carbocycles. The molecule has 2 atom stereocenters. The van der Waals surface area contributed by atoms with Crippen LogP contribution in [0.15, 0.2) is 0 Å². The quantitative estimate of drug-likeness (QED) is 0.682. The van der Waals surface area contributed by atoms with Crippen molar-refractivity contribution in [1.82, 2.24) is 0 Å². The summed E-state index contributed by atoms with van der Waals surface area (Å²) in [5.74, 6) is 2.03. The van der Waals surface area contributed by atoms with Crippen molar-refractivity contribution in [3.8, 4) is 0 Å². The number of hydrogen-bond acceptors (Lipinski definition) is 2. The molecule has 90 valence electrons. The van der Waals surface area contributed by atoms with Crippen LogP contribution in [-0.4, -0.2) is 15.7 Å². The van der Waals surface area contributed by atoms with Gasteiger partial charge in [0.15, 0.2) is 0 Å². The van der Waals surface area contributed by atoms with Gasteiger partial charge in [-0.3, -0.25) is 4.78 Å². The van der Waals surface area contributed by atoms with Crippen molar-refractivity contribution in [3.05, 3.63) is 0 Å². The summed E-state index contributed by atoms with van der Waals surface area (Å²) >= 11 is 0. The molecular formula is C12H25NOS. The highest BCUT2D eigenvalue weighted by Gasteiger charge is 2.46. The molecule has 1 aliphatic heterocycles. The molecule has 3 heteroatoms. The van der Waals surface area contributed by atoms with Gasteiger partial charge in [-0.05, 0) is 22.7 Å². The Morgan fingerprint density at radius 2 is 1.20 bits per heavy atom. The van der Waals surface area contributed by atoms with Crippen LogP contribution in [0.3, 0.4) is 0 Å². The minimum absolute atomic E-state index is 0.165. The van der Waals surface area contributed by atoms with Gasteiger partial charge in [0.05, 0.1) is 0 Å². The van der Waals surface area contributed by atoms with Crippen LogP contribution >= 0.6 is 0 Å². The van der Waals surface area contributed by atoms with Crippen molar-refractivity contribution in [2.45, 2.75) is 41.5 Å². The molecule has 2 unspecified atom stereocenters. The third-order valence-electron chi connectivity index (χ3n) is 3.61. The fraction of sp³-hybridized carbons (Fsp3) is 1.00. The summed E-state index contributed by atoms with van der Waals surface area (Å²) < 4.78 is 19.8. The molecule has 1 fully saturated rings. The van der Waals surface area contributed by atoms with E-state index < -0.39 is 9.73 Å². The lowest BCUT2D eigenvalue weighted by atomic mass is 9.66. The summed E-state index contributed by atoms with van der Waals surface area (Å²) in [7, 11) is -2.31. The van der Waals surface area contributed by atoms with E-state index in [0.717, 1.165) is 0 Å². The average Bonchev–Trinajstić information content (AvgIpc) is 2.23. The average molecular weight is 231 g/mol. The Kier molecular flexibility index (Phi) is 3.01. The summed E-state index contributed by atoms with van der Waals surface area (Å²) in [4.78, 5) is 0.